The van der Waals surface area contributed by atoms with Crippen LogP contribution in [0.3, 0.4) is 0 Å². The summed E-state index contributed by atoms with van der Waals surface area (Å²) in [6, 6.07) is 12.8. The maximum absolute atomic E-state index is 10.9. The molecule has 2 fully saturated rings. The van der Waals surface area contributed by atoms with E-state index in [4.69, 9.17) is 14.9 Å². The van der Waals surface area contributed by atoms with E-state index >= 15 is 0 Å². The van der Waals surface area contributed by atoms with Crippen LogP contribution in [0.2, 0.25) is 0 Å². The first-order chi connectivity index (χ1) is 15.2. The van der Waals surface area contributed by atoms with Crippen molar-refractivity contribution in [3.63, 3.8) is 0 Å². The standard InChI is InChI=1S/C23H26N4O.CH2O2/c28-22-11-17-13-26(23-9-8-15-4-3-6-18(15)25-23)12-16(17)10-21(22)27-14-24-19-5-1-2-7-20(19)27;2-1-3/h1-2,5,7-9,14,16-17,21-22,28H,3-4,6,10-13H2;1H,(H,2,3)/t16-,17+,21-,22-;/m1./s1. The third-order valence-corrected chi connectivity index (χ3v) is 7.18. The monoisotopic (exact) mass is 420 g/mol. The van der Waals surface area contributed by atoms with Gasteiger partial charge in [0.15, 0.2) is 0 Å². The van der Waals surface area contributed by atoms with Gasteiger partial charge in [-0.2, -0.15) is 0 Å². The topological polar surface area (TPSA) is 91.5 Å². The van der Waals surface area contributed by atoms with E-state index < -0.39 is 0 Å². The summed E-state index contributed by atoms with van der Waals surface area (Å²) in [5.74, 6) is 2.29. The summed E-state index contributed by atoms with van der Waals surface area (Å²) >= 11 is 0. The Kier molecular flexibility index (Phi) is 5.36. The number of anilines is 1. The van der Waals surface area contributed by atoms with Crippen LogP contribution >= 0.6 is 0 Å². The molecule has 7 nitrogen and oxygen atoms in total. The first-order valence-electron chi connectivity index (χ1n) is 11.1. The minimum atomic E-state index is -0.313. The Morgan fingerprint density at radius 3 is 2.65 bits per heavy atom. The van der Waals surface area contributed by atoms with Gasteiger partial charge in [-0.3, -0.25) is 4.79 Å². The molecule has 4 atom stereocenters. The van der Waals surface area contributed by atoms with Crippen molar-refractivity contribution in [3.8, 4) is 0 Å². The molecule has 3 aliphatic rings. The minimum absolute atomic E-state index is 0.113. The highest BCUT2D eigenvalue weighted by Crippen LogP contribution is 2.43. The summed E-state index contributed by atoms with van der Waals surface area (Å²) < 4.78 is 2.20. The van der Waals surface area contributed by atoms with Gasteiger partial charge in [-0.15, -0.1) is 0 Å². The molecule has 2 aliphatic carbocycles. The van der Waals surface area contributed by atoms with Gasteiger partial charge >= 0.3 is 0 Å². The van der Waals surface area contributed by atoms with Gasteiger partial charge in [0.2, 0.25) is 0 Å². The van der Waals surface area contributed by atoms with E-state index in [9.17, 15) is 5.11 Å². The number of carbonyl (C=O) groups is 1. The lowest BCUT2D eigenvalue weighted by Crippen LogP contribution is -2.36. The van der Waals surface area contributed by atoms with Crippen molar-refractivity contribution in [2.45, 2.75) is 44.2 Å². The molecule has 1 aromatic carbocycles. The van der Waals surface area contributed by atoms with Gasteiger partial charge in [0.25, 0.3) is 6.47 Å². The normalized spacial score (nSPS) is 26.8. The van der Waals surface area contributed by atoms with E-state index in [1.54, 1.807) is 0 Å². The second-order valence-electron chi connectivity index (χ2n) is 8.91. The number of fused-ring (bicyclic) bond motifs is 3. The van der Waals surface area contributed by atoms with Crippen LogP contribution in [0.5, 0.6) is 0 Å². The average Bonchev–Trinajstić information content (AvgIpc) is 3.50. The number of para-hydroxylation sites is 2. The number of aryl methyl sites for hydroxylation is 2. The molecule has 1 saturated heterocycles. The van der Waals surface area contributed by atoms with Crippen molar-refractivity contribution in [1.82, 2.24) is 14.5 Å². The summed E-state index contributed by atoms with van der Waals surface area (Å²) in [6.45, 7) is 1.82. The van der Waals surface area contributed by atoms with Gasteiger partial charge in [-0.1, -0.05) is 18.2 Å². The molecule has 6 rings (SSSR count). The second-order valence-corrected chi connectivity index (χ2v) is 8.91. The fourth-order valence-corrected chi connectivity index (χ4v) is 5.72. The lowest BCUT2D eigenvalue weighted by atomic mass is 9.77. The largest absolute Gasteiger partial charge is 0.483 e. The summed E-state index contributed by atoms with van der Waals surface area (Å²) in [7, 11) is 0. The predicted octanol–water partition coefficient (Wildman–Crippen LogP) is 3.07. The highest BCUT2D eigenvalue weighted by atomic mass is 16.3. The van der Waals surface area contributed by atoms with Gasteiger partial charge in [-0.05, 0) is 67.7 Å². The van der Waals surface area contributed by atoms with Gasteiger partial charge in [0.05, 0.1) is 29.5 Å². The molecule has 2 aromatic heterocycles. The molecule has 7 heteroatoms. The summed E-state index contributed by atoms with van der Waals surface area (Å²) in [5, 5.41) is 17.8. The molecule has 0 bridgehead atoms. The number of hydrogen-bond acceptors (Lipinski definition) is 5. The van der Waals surface area contributed by atoms with Crippen LogP contribution < -0.4 is 4.90 Å². The number of imidazole rings is 1. The van der Waals surface area contributed by atoms with Gasteiger partial charge < -0.3 is 19.7 Å². The maximum Gasteiger partial charge on any atom is 0.290 e. The number of nitrogens with zero attached hydrogens (tertiary/aromatic N) is 4. The Bertz CT molecular complexity index is 1080. The summed E-state index contributed by atoms with van der Waals surface area (Å²) in [6.07, 6.45) is 7.01. The number of aliphatic hydroxyl groups excluding tert-OH is 1. The third kappa shape index (κ3) is 3.67. The van der Waals surface area contributed by atoms with E-state index in [-0.39, 0.29) is 18.6 Å². The van der Waals surface area contributed by atoms with Crippen LogP contribution in [-0.2, 0) is 17.6 Å². The number of aromatic nitrogens is 3. The van der Waals surface area contributed by atoms with Crippen LogP contribution in [0.4, 0.5) is 5.82 Å². The number of carboxylic acid groups (broad SMARTS) is 1. The summed E-state index contributed by atoms with van der Waals surface area (Å²) in [5.41, 5.74) is 4.87. The van der Waals surface area contributed by atoms with Crippen molar-refractivity contribution in [2.24, 2.45) is 11.8 Å². The first-order valence-corrected chi connectivity index (χ1v) is 11.1. The number of rotatable bonds is 2. The van der Waals surface area contributed by atoms with Crippen molar-refractivity contribution in [3.05, 3.63) is 54.0 Å². The van der Waals surface area contributed by atoms with E-state index in [1.165, 1.54) is 24.1 Å². The lowest BCUT2D eigenvalue weighted by Gasteiger charge is -2.36. The second kappa shape index (κ2) is 8.30. The van der Waals surface area contributed by atoms with Crippen LogP contribution in [0, 0.1) is 11.8 Å². The highest BCUT2D eigenvalue weighted by molar-refractivity contribution is 5.75. The SMILES string of the molecule is O=CO.O[C@@H]1C[C@H]2CN(c3ccc4c(n3)CCC4)C[C@H]2C[C@H]1n1cnc2ccccc21. The molecule has 3 aromatic rings. The molecule has 0 radical (unpaired) electrons. The van der Waals surface area contributed by atoms with Gasteiger partial charge in [0.1, 0.15) is 5.82 Å². The van der Waals surface area contributed by atoms with Crippen LogP contribution in [0.25, 0.3) is 11.0 Å². The maximum atomic E-state index is 10.9. The highest BCUT2D eigenvalue weighted by Gasteiger charge is 2.43. The van der Waals surface area contributed by atoms with Crippen molar-refractivity contribution in [1.29, 1.82) is 0 Å². The predicted molar refractivity (Wildman–Crippen MR) is 118 cm³/mol. The minimum Gasteiger partial charge on any atom is -0.483 e. The smallest absolute Gasteiger partial charge is 0.290 e. The Morgan fingerprint density at radius 1 is 1.03 bits per heavy atom. The molecular weight excluding hydrogens is 392 g/mol. The van der Waals surface area contributed by atoms with E-state index in [0.717, 1.165) is 49.2 Å². The Hall–Kier alpha value is -2.93. The third-order valence-electron chi connectivity index (χ3n) is 7.18. The Morgan fingerprint density at radius 2 is 1.81 bits per heavy atom. The number of benzene rings is 1. The molecule has 2 N–H and O–H groups in total. The van der Waals surface area contributed by atoms with E-state index in [1.807, 2.05) is 18.5 Å². The fraction of sp³-hybridized carbons (Fsp3) is 0.458. The molecule has 0 unspecified atom stereocenters. The zero-order valence-electron chi connectivity index (χ0n) is 17.5. The molecule has 0 amide bonds. The fourth-order valence-electron chi connectivity index (χ4n) is 5.72. The molecule has 162 valence electrons. The lowest BCUT2D eigenvalue weighted by molar-refractivity contribution is -0.122. The molecule has 0 spiro atoms. The van der Waals surface area contributed by atoms with Gasteiger partial charge in [0, 0.05) is 18.8 Å². The number of pyridine rings is 1. The molecule has 1 saturated carbocycles. The average molecular weight is 421 g/mol. The molecule has 3 heterocycles. The van der Waals surface area contributed by atoms with Gasteiger partial charge in [-0.25, -0.2) is 9.97 Å². The van der Waals surface area contributed by atoms with Crippen molar-refractivity contribution < 1.29 is 15.0 Å². The number of aliphatic hydroxyl groups is 1. The van der Waals surface area contributed by atoms with Crippen LogP contribution in [0.15, 0.2) is 42.7 Å². The van der Waals surface area contributed by atoms with Crippen molar-refractivity contribution >= 4 is 23.3 Å². The number of hydrogen-bond donors (Lipinski definition) is 2. The summed E-state index contributed by atoms with van der Waals surface area (Å²) in [4.78, 5) is 20.3. The van der Waals surface area contributed by atoms with Crippen LogP contribution in [-0.4, -0.2) is 50.4 Å². The Balaban J connectivity index is 0.000000646. The molecule has 31 heavy (non-hydrogen) atoms. The zero-order chi connectivity index (χ0) is 21.4. The van der Waals surface area contributed by atoms with E-state index in [0.29, 0.717) is 11.8 Å². The van der Waals surface area contributed by atoms with E-state index in [2.05, 4.69) is 38.7 Å². The molecule has 1 aliphatic heterocycles. The quantitative estimate of drug-likeness (QED) is 0.619. The van der Waals surface area contributed by atoms with Crippen molar-refractivity contribution in [2.75, 3.05) is 18.0 Å². The zero-order valence-corrected chi connectivity index (χ0v) is 17.5. The first kappa shape index (κ1) is 20.0. The Labute approximate surface area is 181 Å². The van der Waals surface area contributed by atoms with Crippen LogP contribution in [0.1, 0.15) is 36.6 Å². The molecular formula is C24H28N4O3.